The Labute approximate surface area is 67.4 Å². The standard InChI is InChI=1S/C6H8F2N2O2/c1-10-6(4(7)8,5(11)12)2-3-9-10/h2-4,9H,1H3,(H,11,12). The van der Waals surface area contributed by atoms with Gasteiger partial charge in [0.05, 0.1) is 0 Å². The highest BCUT2D eigenvalue weighted by Gasteiger charge is 2.51. The minimum atomic E-state index is -2.97. The molecule has 68 valence electrons. The maximum Gasteiger partial charge on any atom is 0.336 e. The molecule has 0 aromatic carbocycles. The molecule has 0 amide bonds. The van der Waals surface area contributed by atoms with Gasteiger partial charge in [0.25, 0.3) is 6.43 Å². The van der Waals surface area contributed by atoms with Gasteiger partial charge in [-0.05, 0) is 6.08 Å². The van der Waals surface area contributed by atoms with Crippen LogP contribution in [0.15, 0.2) is 12.3 Å². The van der Waals surface area contributed by atoms with Crippen molar-refractivity contribution in [2.75, 3.05) is 7.05 Å². The Morgan fingerprint density at radius 2 is 2.33 bits per heavy atom. The van der Waals surface area contributed by atoms with Crippen LogP contribution in [0.1, 0.15) is 0 Å². The second-order valence-electron chi connectivity index (χ2n) is 2.45. The second-order valence-corrected chi connectivity index (χ2v) is 2.45. The summed E-state index contributed by atoms with van der Waals surface area (Å²) < 4.78 is 24.8. The summed E-state index contributed by atoms with van der Waals surface area (Å²) in [6.07, 6.45) is -0.855. The molecule has 1 unspecified atom stereocenters. The third-order valence-corrected chi connectivity index (χ3v) is 1.84. The van der Waals surface area contributed by atoms with Gasteiger partial charge in [0.2, 0.25) is 5.54 Å². The van der Waals surface area contributed by atoms with Crippen LogP contribution in [-0.2, 0) is 4.79 Å². The molecule has 6 heteroatoms. The average Bonchev–Trinajstić information content (AvgIpc) is 2.31. The lowest BCUT2D eigenvalue weighted by Crippen LogP contribution is -2.56. The smallest absolute Gasteiger partial charge is 0.336 e. The van der Waals surface area contributed by atoms with Crippen molar-refractivity contribution in [3.63, 3.8) is 0 Å². The molecular formula is C6H8F2N2O2. The maximum absolute atomic E-state index is 12.4. The molecule has 0 bridgehead atoms. The average molecular weight is 178 g/mol. The molecule has 1 rings (SSSR count). The van der Waals surface area contributed by atoms with Crippen molar-refractivity contribution in [3.05, 3.63) is 12.3 Å². The first-order chi connectivity index (χ1) is 5.51. The Morgan fingerprint density at radius 1 is 1.75 bits per heavy atom. The van der Waals surface area contributed by atoms with E-state index in [0.717, 1.165) is 11.1 Å². The van der Waals surface area contributed by atoms with E-state index < -0.39 is 17.9 Å². The van der Waals surface area contributed by atoms with Crippen LogP contribution in [0.4, 0.5) is 8.78 Å². The maximum atomic E-state index is 12.4. The zero-order chi connectivity index (χ0) is 9.35. The van der Waals surface area contributed by atoms with Gasteiger partial charge in [-0.3, -0.25) is 0 Å². The van der Waals surface area contributed by atoms with Crippen molar-refractivity contribution in [2.45, 2.75) is 12.0 Å². The van der Waals surface area contributed by atoms with Crippen LogP contribution in [-0.4, -0.2) is 35.1 Å². The van der Waals surface area contributed by atoms with E-state index in [2.05, 4.69) is 5.43 Å². The Hall–Kier alpha value is -1.17. The molecule has 4 nitrogen and oxygen atoms in total. The Kier molecular flexibility index (Phi) is 2.01. The monoisotopic (exact) mass is 178 g/mol. The number of nitrogens with zero attached hydrogens (tertiary/aromatic N) is 1. The van der Waals surface area contributed by atoms with Gasteiger partial charge in [0.1, 0.15) is 0 Å². The van der Waals surface area contributed by atoms with Crippen molar-refractivity contribution in [1.82, 2.24) is 10.4 Å². The number of halogens is 2. The summed E-state index contributed by atoms with van der Waals surface area (Å²) in [4.78, 5) is 10.6. The normalized spacial score (nSPS) is 29.3. The fraction of sp³-hybridized carbons (Fsp3) is 0.500. The van der Waals surface area contributed by atoms with Crippen LogP contribution in [0, 0.1) is 0 Å². The van der Waals surface area contributed by atoms with Crippen LogP contribution in [0.3, 0.4) is 0 Å². The number of aliphatic carboxylic acids is 1. The SMILES string of the molecule is CN1NC=CC1(C(=O)O)C(F)F. The molecule has 2 N–H and O–H groups in total. The summed E-state index contributed by atoms with van der Waals surface area (Å²) in [5.74, 6) is -1.57. The van der Waals surface area contributed by atoms with E-state index in [-0.39, 0.29) is 0 Å². The lowest BCUT2D eigenvalue weighted by atomic mass is 10.0. The number of alkyl halides is 2. The highest BCUT2D eigenvalue weighted by atomic mass is 19.3. The number of nitrogens with one attached hydrogen (secondary N) is 1. The predicted octanol–water partition coefficient (Wildman–Crippen LogP) is 0.0386. The Balaban J connectivity index is 3.02. The van der Waals surface area contributed by atoms with E-state index >= 15 is 0 Å². The molecule has 1 aliphatic heterocycles. The van der Waals surface area contributed by atoms with Crippen molar-refractivity contribution >= 4 is 5.97 Å². The van der Waals surface area contributed by atoms with Crippen LogP contribution in [0.2, 0.25) is 0 Å². The van der Waals surface area contributed by atoms with E-state index in [0.29, 0.717) is 0 Å². The summed E-state index contributed by atoms with van der Waals surface area (Å²) >= 11 is 0. The number of hydrogen-bond acceptors (Lipinski definition) is 3. The topological polar surface area (TPSA) is 52.6 Å². The molecule has 0 radical (unpaired) electrons. The van der Waals surface area contributed by atoms with Gasteiger partial charge in [-0.2, -0.15) is 0 Å². The number of hydrogen-bond donors (Lipinski definition) is 2. The molecule has 0 spiro atoms. The summed E-state index contributed by atoms with van der Waals surface area (Å²) in [6.45, 7) is 0. The highest BCUT2D eigenvalue weighted by Crippen LogP contribution is 2.26. The summed E-state index contributed by atoms with van der Waals surface area (Å²) in [7, 11) is 1.25. The van der Waals surface area contributed by atoms with Crippen molar-refractivity contribution in [2.24, 2.45) is 0 Å². The number of carbonyl (C=O) groups is 1. The van der Waals surface area contributed by atoms with Gasteiger partial charge in [-0.15, -0.1) is 0 Å². The zero-order valence-electron chi connectivity index (χ0n) is 6.29. The van der Waals surface area contributed by atoms with Crippen LogP contribution in [0.5, 0.6) is 0 Å². The first kappa shape index (κ1) is 8.92. The van der Waals surface area contributed by atoms with E-state index in [1.807, 2.05) is 0 Å². The van der Waals surface area contributed by atoms with E-state index in [9.17, 15) is 13.6 Å². The molecule has 1 heterocycles. The highest BCUT2D eigenvalue weighted by molar-refractivity contribution is 5.82. The van der Waals surface area contributed by atoms with E-state index in [4.69, 9.17) is 5.11 Å². The van der Waals surface area contributed by atoms with Gasteiger partial charge < -0.3 is 10.5 Å². The number of carboxylic acids is 1. The molecule has 1 aliphatic rings. The minimum Gasteiger partial charge on any atom is -0.479 e. The number of carboxylic acid groups (broad SMARTS) is 1. The van der Waals surface area contributed by atoms with Gasteiger partial charge in [0, 0.05) is 13.2 Å². The van der Waals surface area contributed by atoms with Crippen LogP contribution < -0.4 is 5.43 Å². The lowest BCUT2D eigenvalue weighted by Gasteiger charge is -2.29. The zero-order valence-corrected chi connectivity index (χ0v) is 6.29. The molecular weight excluding hydrogens is 170 g/mol. The Morgan fingerprint density at radius 3 is 2.50 bits per heavy atom. The third-order valence-electron chi connectivity index (χ3n) is 1.84. The summed E-state index contributed by atoms with van der Waals surface area (Å²) in [5.41, 5.74) is 0.143. The van der Waals surface area contributed by atoms with Crippen molar-refractivity contribution < 1.29 is 18.7 Å². The predicted molar refractivity (Wildman–Crippen MR) is 36.4 cm³/mol. The summed E-state index contributed by atoms with van der Waals surface area (Å²) in [6, 6.07) is 0. The molecule has 0 aromatic heterocycles. The fourth-order valence-corrected chi connectivity index (χ4v) is 1.02. The lowest BCUT2D eigenvalue weighted by molar-refractivity contribution is -0.157. The third kappa shape index (κ3) is 0.953. The molecule has 0 saturated heterocycles. The quantitative estimate of drug-likeness (QED) is 0.626. The van der Waals surface area contributed by atoms with E-state index in [1.54, 1.807) is 0 Å². The first-order valence-electron chi connectivity index (χ1n) is 3.21. The van der Waals surface area contributed by atoms with E-state index in [1.165, 1.54) is 13.2 Å². The largest absolute Gasteiger partial charge is 0.479 e. The van der Waals surface area contributed by atoms with Crippen LogP contribution in [0.25, 0.3) is 0 Å². The number of hydrazine groups is 1. The van der Waals surface area contributed by atoms with Gasteiger partial charge in [-0.25, -0.2) is 18.6 Å². The first-order valence-corrected chi connectivity index (χ1v) is 3.21. The molecule has 0 saturated carbocycles. The molecule has 0 fully saturated rings. The van der Waals surface area contributed by atoms with Crippen LogP contribution >= 0.6 is 0 Å². The second kappa shape index (κ2) is 2.71. The molecule has 12 heavy (non-hydrogen) atoms. The molecule has 0 aromatic rings. The molecule has 0 aliphatic carbocycles. The molecule has 1 atom stereocenters. The van der Waals surface area contributed by atoms with Gasteiger partial charge in [0.15, 0.2) is 0 Å². The number of likely N-dealkylation sites (N-methyl/N-ethyl adjacent to an activating group) is 1. The fourth-order valence-electron chi connectivity index (χ4n) is 1.02. The van der Waals surface area contributed by atoms with Crippen molar-refractivity contribution in [3.8, 4) is 0 Å². The van der Waals surface area contributed by atoms with Gasteiger partial charge in [-0.1, -0.05) is 0 Å². The number of rotatable bonds is 2. The minimum absolute atomic E-state index is 0.861. The van der Waals surface area contributed by atoms with Crippen molar-refractivity contribution in [1.29, 1.82) is 0 Å². The van der Waals surface area contributed by atoms with Gasteiger partial charge >= 0.3 is 5.97 Å². The summed E-state index contributed by atoms with van der Waals surface area (Å²) in [5, 5.41) is 9.45. The Bertz CT molecular complexity index is 232.